The number of nitrogens with zero attached hydrogens (tertiary/aromatic N) is 2. The second-order valence-electron chi connectivity index (χ2n) is 6.72. The van der Waals surface area contributed by atoms with Gasteiger partial charge in [0.15, 0.2) is 0 Å². The topological polar surface area (TPSA) is 79.7 Å². The minimum atomic E-state index is -0.837. The summed E-state index contributed by atoms with van der Waals surface area (Å²) in [6.07, 6.45) is 1.32. The fourth-order valence-corrected chi connectivity index (χ4v) is 4.50. The largest absolute Gasteiger partial charge is 0.494 e. The summed E-state index contributed by atoms with van der Waals surface area (Å²) in [5.41, 5.74) is 1.61. The molecule has 6 nitrogen and oxygen atoms in total. The summed E-state index contributed by atoms with van der Waals surface area (Å²) in [5.74, 6) is -0.675. The van der Waals surface area contributed by atoms with E-state index in [2.05, 4.69) is 4.98 Å². The van der Waals surface area contributed by atoms with Crippen LogP contribution in [0.1, 0.15) is 42.1 Å². The summed E-state index contributed by atoms with van der Waals surface area (Å²) in [4.78, 5) is 31.3. The van der Waals surface area contributed by atoms with E-state index in [1.165, 1.54) is 11.3 Å². The van der Waals surface area contributed by atoms with Crippen molar-refractivity contribution in [3.63, 3.8) is 0 Å². The number of ether oxygens (including phenoxy) is 1. The smallest absolute Gasteiger partial charge is 0.308 e. The Kier molecular flexibility index (Phi) is 5.79. The summed E-state index contributed by atoms with van der Waals surface area (Å²) in [6, 6.07) is 7.32. The normalized spacial score (nSPS) is 19.7. The van der Waals surface area contributed by atoms with Crippen molar-refractivity contribution in [3.05, 3.63) is 34.8 Å². The molecule has 0 aliphatic carbocycles. The number of hydrogen-bond donors (Lipinski definition) is 1. The maximum atomic E-state index is 13.1. The number of rotatable bonds is 5. The van der Waals surface area contributed by atoms with Crippen molar-refractivity contribution in [2.45, 2.75) is 39.7 Å². The highest BCUT2D eigenvalue weighted by Crippen LogP contribution is 2.32. The second-order valence-corrected chi connectivity index (χ2v) is 7.72. The Bertz CT molecular complexity index is 831. The van der Waals surface area contributed by atoms with Gasteiger partial charge in [-0.05, 0) is 57.9 Å². The third-order valence-electron chi connectivity index (χ3n) is 4.97. The number of aliphatic carboxylic acids is 1. The molecule has 1 aliphatic rings. The molecule has 0 spiro atoms. The average Bonchev–Trinajstić information content (AvgIpc) is 3.04. The van der Waals surface area contributed by atoms with Crippen LogP contribution in [0.4, 0.5) is 0 Å². The molecule has 2 heterocycles. The number of carbonyl (C=O) groups is 2. The quantitative estimate of drug-likeness (QED) is 0.842. The van der Waals surface area contributed by atoms with Gasteiger partial charge in [0.25, 0.3) is 5.91 Å². The van der Waals surface area contributed by atoms with Crippen LogP contribution in [-0.2, 0) is 4.79 Å². The van der Waals surface area contributed by atoms with Gasteiger partial charge in [-0.15, -0.1) is 11.3 Å². The van der Waals surface area contributed by atoms with Crippen LogP contribution in [-0.4, -0.2) is 46.1 Å². The number of carbonyl (C=O) groups excluding carboxylic acids is 1. The van der Waals surface area contributed by atoms with Crippen LogP contribution < -0.4 is 4.74 Å². The molecular weight excluding hydrogens is 364 g/mol. The van der Waals surface area contributed by atoms with Crippen molar-refractivity contribution in [1.82, 2.24) is 9.88 Å². The van der Waals surface area contributed by atoms with Gasteiger partial charge in [-0.1, -0.05) is 0 Å². The number of carboxylic acid groups (broad SMARTS) is 1. The van der Waals surface area contributed by atoms with Gasteiger partial charge in [-0.2, -0.15) is 0 Å². The molecule has 3 rings (SSSR count). The molecule has 0 unspecified atom stereocenters. The minimum Gasteiger partial charge on any atom is -0.494 e. The monoisotopic (exact) mass is 388 g/mol. The van der Waals surface area contributed by atoms with E-state index in [0.29, 0.717) is 36.6 Å². The molecule has 0 saturated carbocycles. The Balaban J connectivity index is 1.83. The van der Waals surface area contributed by atoms with Crippen LogP contribution in [0.3, 0.4) is 0 Å². The van der Waals surface area contributed by atoms with Gasteiger partial charge in [-0.25, -0.2) is 4.98 Å². The molecule has 1 saturated heterocycles. The maximum Gasteiger partial charge on any atom is 0.308 e. The zero-order chi connectivity index (χ0) is 19.6. The van der Waals surface area contributed by atoms with Crippen LogP contribution >= 0.6 is 11.3 Å². The first-order valence-electron chi connectivity index (χ1n) is 9.16. The molecule has 1 aliphatic heterocycles. The number of thiazole rings is 1. The lowest BCUT2D eigenvalue weighted by molar-refractivity contribution is -0.144. The van der Waals surface area contributed by atoms with Gasteiger partial charge in [0, 0.05) is 18.2 Å². The van der Waals surface area contributed by atoms with Crippen LogP contribution in [0.15, 0.2) is 24.3 Å². The van der Waals surface area contributed by atoms with E-state index in [9.17, 15) is 14.7 Å². The maximum absolute atomic E-state index is 13.1. The molecule has 27 heavy (non-hydrogen) atoms. The Hall–Kier alpha value is -2.41. The van der Waals surface area contributed by atoms with Gasteiger partial charge in [0.05, 0.1) is 18.2 Å². The number of aryl methyl sites for hydroxylation is 1. The molecule has 0 radical (unpaired) electrons. The highest BCUT2D eigenvalue weighted by molar-refractivity contribution is 7.17. The summed E-state index contributed by atoms with van der Waals surface area (Å²) >= 11 is 1.35. The van der Waals surface area contributed by atoms with Crippen LogP contribution in [0.5, 0.6) is 5.75 Å². The van der Waals surface area contributed by atoms with Crippen molar-refractivity contribution < 1.29 is 19.4 Å². The van der Waals surface area contributed by atoms with E-state index in [1.807, 2.05) is 45.0 Å². The number of benzene rings is 1. The molecule has 1 amide bonds. The van der Waals surface area contributed by atoms with Gasteiger partial charge >= 0.3 is 5.97 Å². The van der Waals surface area contributed by atoms with E-state index in [-0.39, 0.29) is 11.9 Å². The lowest BCUT2D eigenvalue weighted by atomic mass is 9.90. The molecule has 2 aromatic rings. The summed E-state index contributed by atoms with van der Waals surface area (Å²) in [7, 11) is 0. The van der Waals surface area contributed by atoms with Crippen molar-refractivity contribution >= 4 is 23.2 Å². The number of carboxylic acids is 1. The number of hydrogen-bond acceptors (Lipinski definition) is 5. The predicted molar refractivity (Wildman–Crippen MR) is 104 cm³/mol. The number of amides is 1. The van der Waals surface area contributed by atoms with E-state index in [0.717, 1.165) is 16.3 Å². The SMILES string of the molecule is CCOc1ccc(-c2nc(C)c(C(=O)N3CCC[C@H](C(=O)O)[C@@H]3C)s2)cc1. The second kappa shape index (κ2) is 8.08. The number of aromatic nitrogens is 1. The number of piperidine rings is 1. The van der Waals surface area contributed by atoms with E-state index >= 15 is 0 Å². The molecule has 0 bridgehead atoms. The number of likely N-dealkylation sites (tertiary alicyclic amines) is 1. The fraction of sp³-hybridized carbons (Fsp3) is 0.450. The van der Waals surface area contributed by atoms with Crippen molar-refractivity contribution in [2.24, 2.45) is 5.92 Å². The van der Waals surface area contributed by atoms with Crippen LogP contribution in [0, 0.1) is 12.8 Å². The fourth-order valence-electron chi connectivity index (χ4n) is 3.47. The van der Waals surface area contributed by atoms with Gasteiger partial charge in [-0.3, -0.25) is 9.59 Å². The van der Waals surface area contributed by atoms with Crippen LogP contribution in [0.2, 0.25) is 0 Å². The van der Waals surface area contributed by atoms with E-state index in [4.69, 9.17) is 4.74 Å². The van der Waals surface area contributed by atoms with E-state index in [1.54, 1.807) is 4.90 Å². The first kappa shape index (κ1) is 19.4. The molecule has 1 N–H and O–H groups in total. The Morgan fingerprint density at radius 3 is 2.67 bits per heavy atom. The zero-order valence-electron chi connectivity index (χ0n) is 15.8. The lowest BCUT2D eigenvalue weighted by Gasteiger charge is -2.37. The predicted octanol–water partition coefficient (Wildman–Crippen LogP) is 3.84. The average molecular weight is 388 g/mol. The molecule has 2 atom stereocenters. The van der Waals surface area contributed by atoms with Crippen molar-refractivity contribution in [2.75, 3.05) is 13.2 Å². The van der Waals surface area contributed by atoms with E-state index < -0.39 is 11.9 Å². The summed E-state index contributed by atoms with van der Waals surface area (Å²) in [6.45, 7) is 6.77. The Labute approximate surface area is 162 Å². The van der Waals surface area contributed by atoms with Crippen molar-refractivity contribution in [3.8, 4) is 16.3 Å². The highest BCUT2D eigenvalue weighted by atomic mass is 32.1. The van der Waals surface area contributed by atoms with Crippen LogP contribution in [0.25, 0.3) is 10.6 Å². The summed E-state index contributed by atoms with van der Waals surface area (Å²) < 4.78 is 5.46. The first-order chi connectivity index (χ1) is 12.9. The van der Waals surface area contributed by atoms with Gasteiger partial charge in [0.2, 0.25) is 0 Å². The Morgan fingerprint density at radius 1 is 1.33 bits per heavy atom. The minimum absolute atomic E-state index is 0.124. The lowest BCUT2D eigenvalue weighted by Crippen LogP contribution is -2.49. The van der Waals surface area contributed by atoms with Gasteiger partial charge < -0.3 is 14.7 Å². The third kappa shape index (κ3) is 3.98. The molecule has 7 heteroatoms. The van der Waals surface area contributed by atoms with Gasteiger partial charge in [0.1, 0.15) is 15.6 Å². The van der Waals surface area contributed by atoms with Crippen molar-refractivity contribution in [1.29, 1.82) is 0 Å². The first-order valence-corrected chi connectivity index (χ1v) is 9.98. The zero-order valence-corrected chi connectivity index (χ0v) is 16.6. The molecular formula is C20H24N2O4S. The molecule has 1 aromatic carbocycles. The Morgan fingerprint density at radius 2 is 2.04 bits per heavy atom. The molecule has 1 fully saturated rings. The summed E-state index contributed by atoms with van der Waals surface area (Å²) in [5, 5.41) is 10.2. The highest BCUT2D eigenvalue weighted by Gasteiger charge is 2.36. The molecule has 1 aromatic heterocycles. The molecule has 144 valence electrons. The third-order valence-corrected chi connectivity index (χ3v) is 6.16. The standard InChI is InChI=1S/C20H24N2O4S/c1-4-26-15-9-7-14(8-10-15)18-21-12(2)17(27-18)19(23)22-11-5-6-16(13(22)3)20(24)25/h7-10,13,16H,4-6,11H2,1-3H3,(H,24,25)/t13-,16-/m0/s1.